The van der Waals surface area contributed by atoms with Crippen molar-refractivity contribution in [1.82, 2.24) is 5.32 Å². The summed E-state index contributed by atoms with van der Waals surface area (Å²) in [5, 5.41) is 3.18. The molecule has 0 spiro atoms. The first-order chi connectivity index (χ1) is 13.5. The highest BCUT2D eigenvalue weighted by Gasteiger charge is 2.26. The van der Waals surface area contributed by atoms with Gasteiger partial charge in [-0.2, -0.15) is 0 Å². The molecule has 1 N–H and O–H groups in total. The van der Waals surface area contributed by atoms with Crippen LogP contribution in [0.4, 0.5) is 0 Å². The van der Waals surface area contributed by atoms with Crippen molar-refractivity contribution in [2.24, 2.45) is 0 Å². The van der Waals surface area contributed by atoms with E-state index in [1.165, 1.54) is 40.2 Å². The van der Waals surface area contributed by atoms with E-state index in [0.717, 1.165) is 25.7 Å². The van der Waals surface area contributed by atoms with Gasteiger partial charge in [0.05, 0.1) is 0 Å². The van der Waals surface area contributed by atoms with Gasteiger partial charge in [-0.1, -0.05) is 63.2 Å². The zero-order chi connectivity index (χ0) is 20.4. The molecule has 0 radical (unpaired) electrons. The van der Waals surface area contributed by atoms with Gasteiger partial charge in [-0.25, -0.2) is 0 Å². The van der Waals surface area contributed by atoms with Crippen LogP contribution in [0.2, 0.25) is 0 Å². The number of nitrogens with one attached hydrogen (secondary N) is 1. The van der Waals surface area contributed by atoms with Crippen LogP contribution in [0.25, 0.3) is 0 Å². The SMILES string of the molecule is CCCCc1ccc(Sc2ccc(CCC(CC)(CC)NC(C)=O)cc2)cc1. The molecule has 2 aromatic rings. The van der Waals surface area contributed by atoms with Gasteiger partial charge in [0.2, 0.25) is 5.91 Å². The Balaban J connectivity index is 1.93. The quantitative estimate of drug-likeness (QED) is 0.451. The van der Waals surface area contributed by atoms with E-state index in [4.69, 9.17) is 0 Å². The maximum absolute atomic E-state index is 11.6. The van der Waals surface area contributed by atoms with E-state index in [9.17, 15) is 4.79 Å². The Morgan fingerprint density at radius 3 is 1.79 bits per heavy atom. The third-order valence-electron chi connectivity index (χ3n) is 5.59. The standard InChI is InChI=1S/C25H35NOS/c1-5-8-9-21-10-14-23(15-11-21)28-24-16-12-22(13-17-24)18-19-25(6-2,7-3)26-20(4)27/h10-17H,5-9,18-19H2,1-4H3,(H,26,27). The maximum atomic E-state index is 11.6. The first-order valence-corrected chi connectivity index (χ1v) is 11.5. The minimum Gasteiger partial charge on any atom is -0.351 e. The summed E-state index contributed by atoms with van der Waals surface area (Å²) in [5.74, 6) is 0.0659. The minimum absolute atomic E-state index is 0.0659. The van der Waals surface area contributed by atoms with E-state index >= 15 is 0 Å². The predicted molar refractivity (Wildman–Crippen MR) is 121 cm³/mol. The summed E-state index contributed by atoms with van der Waals surface area (Å²) in [6, 6.07) is 17.8. The molecule has 0 saturated carbocycles. The molecule has 2 nitrogen and oxygen atoms in total. The molecule has 28 heavy (non-hydrogen) atoms. The van der Waals surface area contributed by atoms with Gasteiger partial charge in [-0.05, 0) is 73.9 Å². The summed E-state index contributed by atoms with van der Waals surface area (Å²) in [5.41, 5.74) is 2.67. The van der Waals surface area contributed by atoms with Crippen molar-refractivity contribution in [2.45, 2.75) is 88.0 Å². The molecule has 0 aliphatic heterocycles. The van der Waals surface area contributed by atoms with Crippen LogP contribution in [-0.4, -0.2) is 11.4 Å². The van der Waals surface area contributed by atoms with Crippen LogP contribution < -0.4 is 5.32 Å². The molecule has 0 fully saturated rings. The summed E-state index contributed by atoms with van der Waals surface area (Å²) in [7, 11) is 0. The Bertz CT molecular complexity index is 717. The van der Waals surface area contributed by atoms with Crippen molar-refractivity contribution >= 4 is 17.7 Å². The Kier molecular flexibility index (Phi) is 9.11. The first kappa shape index (κ1) is 22.5. The molecule has 2 rings (SSSR count). The summed E-state index contributed by atoms with van der Waals surface area (Å²) in [6.45, 7) is 8.17. The summed E-state index contributed by atoms with van der Waals surface area (Å²) < 4.78 is 0. The molecule has 0 unspecified atom stereocenters. The van der Waals surface area contributed by atoms with E-state index in [-0.39, 0.29) is 11.4 Å². The van der Waals surface area contributed by atoms with Gasteiger partial charge in [0.15, 0.2) is 0 Å². The maximum Gasteiger partial charge on any atom is 0.217 e. The third kappa shape index (κ3) is 7.01. The number of carbonyl (C=O) groups excluding carboxylic acids is 1. The van der Waals surface area contributed by atoms with Crippen molar-refractivity contribution in [2.75, 3.05) is 0 Å². The van der Waals surface area contributed by atoms with E-state index in [0.29, 0.717) is 0 Å². The van der Waals surface area contributed by atoms with Crippen LogP contribution in [0.1, 0.15) is 70.9 Å². The molecular formula is C25H35NOS. The highest BCUT2D eigenvalue weighted by molar-refractivity contribution is 7.99. The van der Waals surface area contributed by atoms with Gasteiger partial charge in [0.25, 0.3) is 0 Å². The number of hydrogen-bond acceptors (Lipinski definition) is 2. The Morgan fingerprint density at radius 2 is 1.36 bits per heavy atom. The molecule has 0 heterocycles. The van der Waals surface area contributed by atoms with Gasteiger partial charge in [0, 0.05) is 22.3 Å². The van der Waals surface area contributed by atoms with E-state index in [1.807, 2.05) is 11.8 Å². The number of rotatable bonds is 11. The molecule has 0 saturated heterocycles. The monoisotopic (exact) mass is 397 g/mol. The van der Waals surface area contributed by atoms with Crippen LogP contribution in [0.5, 0.6) is 0 Å². The van der Waals surface area contributed by atoms with Gasteiger partial charge in [-0.15, -0.1) is 0 Å². The topological polar surface area (TPSA) is 29.1 Å². The van der Waals surface area contributed by atoms with Crippen molar-refractivity contribution in [3.63, 3.8) is 0 Å². The number of unbranched alkanes of at least 4 members (excludes halogenated alkanes) is 1. The number of amides is 1. The highest BCUT2D eigenvalue weighted by atomic mass is 32.2. The zero-order valence-electron chi connectivity index (χ0n) is 17.9. The fourth-order valence-corrected chi connectivity index (χ4v) is 4.38. The highest BCUT2D eigenvalue weighted by Crippen LogP contribution is 2.29. The fraction of sp³-hybridized carbons (Fsp3) is 0.480. The van der Waals surface area contributed by atoms with Crippen LogP contribution in [0.3, 0.4) is 0 Å². The van der Waals surface area contributed by atoms with Crippen LogP contribution in [-0.2, 0) is 17.6 Å². The average molecular weight is 398 g/mol. The van der Waals surface area contributed by atoms with Crippen LogP contribution in [0.15, 0.2) is 58.3 Å². The predicted octanol–water partition coefficient (Wildman–Crippen LogP) is 6.81. The molecule has 0 bridgehead atoms. The first-order valence-electron chi connectivity index (χ1n) is 10.6. The smallest absolute Gasteiger partial charge is 0.217 e. The van der Waals surface area contributed by atoms with Crippen molar-refractivity contribution < 1.29 is 4.79 Å². The molecule has 0 atom stereocenters. The Hall–Kier alpha value is -1.74. The van der Waals surface area contributed by atoms with Crippen molar-refractivity contribution in [3.8, 4) is 0 Å². The molecule has 2 aromatic carbocycles. The third-order valence-corrected chi connectivity index (χ3v) is 6.60. The number of carbonyl (C=O) groups is 1. The lowest BCUT2D eigenvalue weighted by Crippen LogP contribution is -2.47. The molecule has 152 valence electrons. The van der Waals surface area contributed by atoms with Gasteiger partial charge >= 0.3 is 0 Å². The largest absolute Gasteiger partial charge is 0.351 e. The van der Waals surface area contributed by atoms with E-state index in [1.54, 1.807) is 6.92 Å². The Labute approximate surface area is 175 Å². The normalized spacial score (nSPS) is 11.4. The number of hydrogen-bond donors (Lipinski definition) is 1. The van der Waals surface area contributed by atoms with Gasteiger partial charge in [0.1, 0.15) is 0 Å². The lowest BCUT2D eigenvalue weighted by atomic mass is 9.86. The Morgan fingerprint density at radius 1 is 0.857 bits per heavy atom. The minimum atomic E-state index is -0.0845. The summed E-state index contributed by atoms with van der Waals surface area (Å²) in [6.07, 6.45) is 7.56. The van der Waals surface area contributed by atoms with Crippen molar-refractivity contribution in [3.05, 3.63) is 59.7 Å². The van der Waals surface area contributed by atoms with E-state index < -0.39 is 0 Å². The molecule has 3 heteroatoms. The van der Waals surface area contributed by atoms with Gasteiger partial charge in [-0.3, -0.25) is 4.79 Å². The fourth-order valence-electron chi connectivity index (χ4n) is 3.57. The van der Waals surface area contributed by atoms with Crippen LogP contribution in [0, 0.1) is 0 Å². The molecular weight excluding hydrogens is 362 g/mol. The van der Waals surface area contributed by atoms with Gasteiger partial charge < -0.3 is 5.32 Å². The second-order valence-corrected chi connectivity index (χ2v) is 8.81. The summed E-state index contributed by atoms with van der Waals surface area (Å²) >= 11 is 1.81. The molecule has 0 aliphatic carbocycles. The van der Waals surface area contributed by atoms with Crippen LogP contribution >= 0.6 is 11.8 Å². The molecule has 0 aromatic heterocycles. The van der Waals surface area contributed by atoms with Crippen molar-refractivity contribution in [1.29, 1.82) is 0 Å². The average Bonchev–Trinajstić information content (AvgIpc) is 2.71. The lowest BCUT2D eigenvalue weighted by molar-refractivity contribution is -0.121. The molecule has 0 aliphatic rings. The summed E-state index contributed by atoms with van der Waals surface area (Å²) in [4.78, 5) is 14.1. The zero-order valence-corrected chi connectivity index (χ0v) is 18.7. The number of aryl methyl sites for hydroxylation is 2. The van der Waals surface area contributed by atoms with E-state index in [2.05, 4.69) is 74.6 Å². The second-order valence-electron chi connectivity index (χ2n) is 7.66. The lowest BCUT2D eigenvalue weighted by Gasteiger charge is -2.32. The molecule has 1 amide bonds. The second kappa shape index (κ2) is 11.3. The number of benzene rings is 2.